The molecule has 3 aliphatic carbocycles. The number of nitrogens with one attached hydrogen (secondary N) is 2. The van der Waals surface area contributed by atoms with E-state index in [0.29, 0.717) is 11.1 Å². The van der Waals surface area contributed by atoms with Crippen molar-refractivity contribution in [3.63, 3.8) is 0 Å². The Hall–Kier alpha value is -9.95. The number of hydrogen-bond acceptors (Lipinski definition) is 21. The van der Waals surface area contributed by atoms with Gasteiger partial charge in [-0.25, -0.2) is 9.59 Å². The third kappa shape index (κ3) is 14.2. The smallest absolute Gasteiger partial charge is 0.381 e. The molecule has 0 spiro atoms. The van der Waals surface area contributed by atoms with Crippen LogP contribution >= 0.6 is 0 Å². The largest absolute Gasteiger partial charge is 0.481 e. The number of nitrogens with zero attached hydrogens (tertiary/aromatic N) is 3. The standard InChI is InChI=1S/C68H73N5O21/c1-38-47(90-64(84)58(92-54(80)33-43-22-14-9-15-23-43)56(44-24-16-10-17-25-44)71-62(82)46(28-29-52(77)78)70-51(76)30-31-72-36-50(73(86)87)69-39(72)2)35-68(85)61(93-63(83)45-26-18-11-19-27-45)59-66(7,60(81)57(89-40(3)74)55(38)65(68,5)6)48(34-49-67(59,37-88-49)94-41(4)75)91-53(79)32-42-20-12-8-13-21-42/h8-27,36,46-49,56-59,61,85H,28-35,37H2,1-7H3,(H,70,76)(H,71,82)(H,77,78)/t46-,47+,48+,49-,56+,57-,58-,59+,61+,66-,67+,68-/m1/s1. The Balaban J connectivity index is 1.17. The summed E-state index contributed by atoms with van der Waals surface area (Å²) in [6, 6.07) is 28.6. The van der Waals surface area contributed by atoms with Crippen LogP contribution in [0, 0.1) is 33.8 Å². The highest BCUT2D eigenvalue weighted by Gasteiger charge is 2.79. The van der Waals surface area contributed by atoms with Crippen molar-refractivity contribution in [3.8, 4) is 0 Å². The van der Waals surface area contributed by atoms with Crippen molar-refractivity contribution in [3.05, 3.63) is 177 Å². The second-order valence-corrected chi connectivity index (χ2v) is 24.7. The summed E-state index contributed by atoms with van der Waals surface area (Å²) in [5.74, 6) is -12.4. The lowest BCUT2D eigenvalue weighted by molar-refractivity contribution is -0.389. The molecule has 1 aliphatic heterocycles. The van der Waals surface area contributed by atoms with Gasteiger partial charge in [0.05, 0.1) is 36.3 Å². The molecule has 0 unspecified atom stereocenters. The zero-order valence-electron chi connectivity index (χ0n) is 52.7. The normalized spacial score (nSPS) is 25.0. The van der Waals surface area contributed by atoms with Crippen LogP contribution in [0.1, 0.15) is 113 Å². The number of aliphatic carboxylic acids is 1. The van der Waals surface area contributed by atoms with Crippen LogP contribution in [0.4, 0.5) is 5.82 Å². The van der Waals surface area contributed by atoms with Gasteiger partial charge in [-0.15, -0.1) is 0 Å². The minimum atomic E-state index is -2.65. The van der Waals surface area contributed by atoms with Gasteiger partial charge >= 0.3 is 47.6 Å². The van der Waals surface area contributed by atoms with Gasteiger partial charge in [0.25, 0.3) is 0 Å². The molecule has 26 nitrogen and oxygen atoms in total. The Morgan fingerprint density at radius 3 is 1.93 bits per heavy atom. The Morgan fingerprint density at radius 2 is 1.37 bits per heavy atom. The molecule has 9 rings (SSSR count). The van der Waals surface area contributed by atoms with E-state index in [-0.39, 0.29) is 53.9 Å². The number of carbonyl (C=O) groups is 10. The third-order valence-corrected chi connectivity index (χ3v) is 18.3. The average Bonchev–Trinajstić information content (AvgIpc) is 0.709. The summed E-state index contributed by atoms with van der Waals surface area (Å²) in [5.41, 5.74) is -7.90. The van der Waals surface area contributed by atoms with Gasteiger partial charge in [0.15, 0.2) is 17.5 Å². The molecule has 2 amide bonds. The van der Waals surface area contributed by atoms with Gasteiger partial charge in [-0.05, 0) is 70.1 Å². The molecule has 94 heavy (non-hydrogen) atoms. The zero-order valence-corrected chi connectivity index (χ0v) is 52.7. The molecule has 1 aromatic heterocycles. The number of hydrogen-bond donors (Lipinski definition) is 4. The topological polar surface area (TPSA) is 361 Å². The number of Topliss-reactive ketones (excluding diaryl/α,β-unsaturated/α-hetero) is 1. The van der Waals surface area contributed by atoms with Gasteiger partial charge < -0.3 is 68.7 Å². The molecular weight excluding hydrogens is 1220 g/mol. The first-order valence-corrected chi connectivity index (χ1v) is 30.5. The number of aryl methyl sites for hydroxylation is 2. The lowest BCUT2D eigenvalue weighted by Gasteiger charge is -2.67. The van der Waals surface area contributed by atoms with Crippen LogP contribution < -0.4 is 10.6 Å². The van der Waals surface area contributed by atoms with Crippen LogP contribution in [-0.4, -0.2) is 145 Å². The van der Waals surface area contributed by atoms with E-state index in [1.165, 1.54) is 75.6 Å². The van der Waals surface area contributed by atoms with Crippen molar-refractivity contribution in [2.45, 2.75) is 160 Å². The molecule has 4 aromatic carbocycles. The van der Waals surface area contributed by atoms with E-state index >= 15 is 9.59 Å². The Labute approximate surface area is 539 Å². The number of nitro groups is 1. The number of fused-ring (bicyclic) bond motifs is 5. The van der Waals surface area contributed by atoms with E-state index in [1.54, 1.807) is 84.9 Å². The van der Waals surface area contributed by atoms with E-state index in [0.717, 1.165) is 20.0 Å². The van der Waals surface area contributed by atoms with Gasteiger partial charge in [0.1, 0.15) is 48.3 Å². The number of imidazole rings is 1. The van der Waals surface area contributed by atoms with Crippen molar-refractivity contribution in [2.24, 2.45) is 16.7 Å². The highest BCUT2D eigenvalue weighted by atomic mass is 16.6. The van der Waals surface area contributed by atoms with Gasteiger partial charge in [-0.1, -0.05) is 123 Å². The fourth-order valence-electron chi connectivity index (χ4n) is 13.6. The van der Waals surface area contributed by atoms with Gasteiger partial charge in [0.2, 0.25) is 23.7 Å². The molecule has 5 aromatic rings. The van der Waals surface area contributed by atoms with Gasteiger partial charge in [0, 0.05) is 58.4 Å². The van der Waals surface area contributed by atoms with E-state index in [9.17, 15) is 58.7 Å². The van der Waals surface area contributed by atoms with E-state index in [2.05, 4.69) is 15.6 Å². The number of amides is 2. The highest BCUT2D eigenvalue weighted by Crippen LogP contribution is 2.65. The monoisotopic (exact) mass is 1300 g/mol. The van der Waals surface area contributed by atoms with Crippen LogP contribution in [0.2, 0.25) is 0 Å². The first kappa shape index (κ1) is 68.4. The minimum absolute atomic E-state index is 0.00241. The number of carbonyl (C=O) groups excluding carboxylic acids is 9. The number of ether oxygens (including phenoxy) is 7. The molecule has 3 fully saturated rings. The van der Waals surface area contributed by atoms with Gasteiger partial charge in [-0.2, -0.15) is 0 Å². The highest BCUT2D eigenvalue weighted by molar-refractivity contribution is 5.96. The van der Waals surface area contributed by atoms with Crippen LogP contribution in [0.25, 0.3) is 0 Å². The maximum atomic E-state index is 16.6. The Kier molecular flexibility index (Phi) is 20.5. The minimum Gasteiger partial charge on any atom is -0.481 e. The van der Waals surface area contributed by atoms with E-state index in [1.807, 2.05) is 0 Å². The first-order valence-electron chi connectivity index (χ1n) is 30.5. The lowest BCUT2D eigenvalue weighted by Crippen LogP contribution is -2.82. The molecule has 0 radical (unpaired) electrons. The predicted octanol–water partition coefficient (Wildman–Crippen LogP) is 5.86. The summed E-state index contributed by atoms with van der Waals surface area (Å²) in [4.78, 5) is 159. The summed E-state index contributed by atoms with van der Waals surface area (Å²) >= 11 is 0. The third-order valence-electron chi connectivity index (χ3n) is 18.3. The predicted molar refractivity (Wildman–Crippen MR) is 327 cm³/mol. The summed E-state index contributed by atoms with van der Waals surface area (Å²) in [7, 11) is 0. The molecule has 12 atom stereocenters. The van der Waals surface area contributed by atoms with Gasteiger partial charge in [-0.3, -0.25) is 38.4 Å². The number of ketones is 1. The SMILES string of the molecule is CC(=O)O[C@H]1C(=O)[C@]2(C)[C@@H](OC(=O)Cc3ccccc3)C[C@H]3OC[C@@]3(OC(C)=O)[C@H]2[C@H](OC(=O)c2ccccc2)[C@]2(O)C[C@H](OC(=O)[C@H](OC(=O)Cc3ccccc3)[C@@H](NC(=O)[C@@H](CCC(=O)O)NC(=O)CCn3cc([N+](=O)[O-])nc3C)c3ccccc3)C(C)=C1C2(C)C. The summed E-state index contributed by atoms with van der Waals surface area (Å²) < 4.78 is 45.5. The summed E-state index contributed by atoms with van der Waals surface area (Å²) in [6.45, 7) is 8.84. The van der Waals surface area contributed by atoms with Crippen LogP contribution in [0.3, 0.4) is 0 Å². The molecule has 1 saturated heterocycles. The molecular formula is C68H73N5O21. The average molecular weight is 1300 g/mol. The number of carboxylic acid groups (broad SMARTS) is 1. The molecule has 26 heteroatoms. The van der Waals surface area contributed by atoms with Crippen molar-refractivity contribution < 1.29 is 96.2 Å². The zero-order chi connectivity index (χ0) is 68.0. The molecule has 496 valence electrons. The molecule has 2 bridgehead atoms. The van der Waals surface area contributed by atoms with Crippen LogP contribution in [-0.2, 0) is 95.7 Å². The number of rotatable bonds is 24. The Bertz CT molecular complexity index is 3770. The number of aliphatic hydroxyl groups is 1. The van der Waals surface area contributed by atoms with Crippen LogP contribution in [0.15, 0.2) is 139 Å². The molecule has 2 heterocycles. The molecule has 2 saturated carbocycles. The fourth-order valence-corrected chi connectivity index (χ4v) is 13.6. The van der Waals surface area contributed by atoms with E-state index in [4.69, 9.17) is 33.2 Å². The van der Waals surface area contributed by atoms with Crippen molar-refractivity contribution >= 4 is 65.2 Å². The quantitative estimate of drug-likeness (QED) is 0.0185. The number of carboxylic acids is 1. The lowest BCUT2D eigenvalue weighted by atomic mass is 9.44. The fraction of sp³-hybridized carbons (Fsp3) is 0.426. The maximum Gasteiger partial charge on any atom is 0.381 e. The molecule has 4 aliphatic rings. The van der Waals surface area contributed by atoms with E-state index < -0.39 is 179 Å². The van der Waals surface area contributed by atoms with Crippen LogP contribution in [0.5, 0.6) is 0 Å². The second kappa shape index (κ2) is 28.1. The second-order valence-electron chi connectivity index (χ2n) is 24.7. The summed E-state index contributed by atoms with van der Waals surface area (Å²) in [5, 5.41) is 40.9. The number of esters is 6. The number of aromatic nitrogens is 2. The Morgan fingerprint density at radius 1 is 0.777 bits per heavy atom. The van der Waals surface area contributed by atoms with Crippen molar-refractivity contribution in [1.82, 2.24) is 20.2 Å². The summed E-state index contributed by atoms with van der Waals surface area (Å²) in [6.07, 6.45) is -13.1. The first-order chi connectivity index (χ1) is 44.6. The maximum absolute atomic E-state index is 16.6. The number of benzene rings is 4. The van der Waals surface area contributed by atoms with Crippen molar-refractivity contribution in [1.29, 1.82) is 0 Å². The molecule has 4 N–H and O–H groups in total. The van der Waals surface area contributed by atoms with Crippen molar-refractivity contribution in [2.75, 3.05) is 6.61 Å².